The number of amides is 1. The molecule has 0 aromatic heterocycles. The van der Waals surface area contributed by atoms with Crippen LogP contribution in [0, 0.1) is 0 Å². The van der Waals surface area contributed by atoms with Gasteiger partial charge in [-0.25, -0.2) is 0 Å². The third kappa shape index (κ3) is 3.66. The van der Waals surface area contributed by atoms with E-state index in [9.17, 15) is 9.90 Å². The zero-order chi connectivity index (χ0) is 13.0. The Balaban J connectivity index is 1.92. The minimum Gasteiger partial charge on any atom is -0.395 e. The summed E-state index contributed by atoms with van der Waals surface area (Å²) in [6.45, 7) is 1.50. The van der Waals surface area contributed by atoms with E-state index in [0.717, 1.165) is 0 Å². The largest absolute Gasteiger partial charge is 0.395 e. The van der Waals surface area contributed by atoms with Crippen LogP contribution in [-0.2, 0) is 4.79 Å². The fourth-order valence-electron chi connectivity index (χ4n) is 2.72. The first kappa shape index (κ1) is 14.2. The molecule has 1 saturated heterocycles. The number of aliphatic hydroxyl groups is 1. The number of rotatable bonds is 5. The zero-order valence-electron chi connectivity index (χ0n) is 10.4. The second-order valence-electron chi connectivity index (χ2n) is 4.89. The number of hydrogen-bond donors (Lipinski definition) is 2. The Labute approximate surface area is 117 Å². The molecule has 18 heavy (non-hydrogen) atoms. The average molecular weight is 288 g/mol. The van der Waals surface area contributed by atoms with Gasteiger partial charge in [-0.05, 0) is 12.8 Å². The SMILES string of the molecule is O=C1NC(=S)SC1CN(CCO)C1CCCCC1. The van der Waals surface area contributed by atoms with Gasteiger partial charge < -0.3 is 10.4 Å². The maximum absolute atomic E-state index is 11.7. The van der Waals surface area contributed by atoms with Gasteiger partial charge in [0.05, 0.1) is 6.61 Å². The summed E-state index contributed by atoms with van der Waals surface area (Å²) in [7, 11) is 0. The second-order valence-corrected chi connectivity index (χ2v) is 6.77. The normalized spacial score (nSPS) is 25.8. The summed E-state index contributed by atoms with van der Waals surface area (Å²) in [5, 5.41) is 11.8. The lowest BCUT2D eigenvalue weighted by Gasteiger charge is -2.34. The number of carbonyl (C=O) groups is 1. The van der Waals surface area contributed by atoms with Crippen molar-refractivity contribution in [1.82, 2.24) is 10.2 Å². The van der Waals surface area contributed by atoms with Crippen LogP contribution in [0.2, 0.25) is 0 Å². The molecule has 1 heterocycles. The average Bonchev–Trinajstić information content (AvgIpc) is 2.68. The summed E-state index contributed by atoms with van der Waals surface area (Å²) in [5.74, 6) is 0.0174. The molecule has 0 spiro atoms. The first-order valence-electron chi connectivity index (χ1n) is 6.57. The van der Waals surface area contributed by atoms with Crippen molar-refractivity contribution in [2.75, 3.05) is 19.7 Å². The Kier molecular flexibility index (Phi) is 5.41. The number of thioether (sulfide) groups is 1. The van der Waals surface area contributed by atoms with Gasteiger partial charge in [0, 0.05) is 19.1 Å². The van der Waals surface area contributed by atoms with Gasteiger partial charge in [0.15, 0.2) is 0 Å². The molecule has 102 valence electrons. The van der Waals surface area contributed by atoms with Crippen LogP contribution < -0.4 is 5.32 Å². The van der Waals surface area contributed by atoms with Crippen molar-refractivity contribution in [3.05, 3.63) is 0 Å². The molecule has 6 heteroatoms. The van der Waals surface area contributed by atoms with Crippen molar-refractivity contribution < 1.29 is 9.90 Å². The molecule has 2 N–H and O–H groups in total. The summed E-state index contributed by atoms with van der Waals surface area (Å²) in [6.07, 6.45) is 6.20. The highest BCUT2D eigenvalue weighted by Gasteiger charge is 2.32. The molecule has 1 aliphatic carbocycles. The van der Waals surface area contributed by atoms with Crippen LogP contribution in [0.15, 0.2) is 0 Å². The summed E-state index contributed by atoms with van der Waals surface area (Å²) in [5.41, 5.74) is 0. The lowest BCUT2D eigenvalue weighted by atomic mass is 9.94. The Morgan fingerprint density at radius 2 is 2.11 bits per heavy atom. The lowest BCUT2D eigenvalue weighted by molar-refractivity contribution is -0.119. The fourth-order valence-corrected chi connectivity index (χ4v) is 4.02. The van der Waals surface area contributed by atoms with Crippen molar-refractivity contribution in [1.29, 1.82) is 0 Å². The van der Waals surface area contributed by atoms with Crippen LogP contribution in [-0.4, -0.2) is 51.2 Å². The monoisotopic (exact) mass is 288 g/mol. The van der Waals surface area contributed by atoms with Gasteiger partial charge in [0.1, 0.15) is 9.57 Å². The van der Waals surface area contributed by atoms with E-state index in [1.54, 1.807) is 0 Å². The van der Waals surface area contributed by atoms with Crippen molar-refractivity contribution in [2.45, 2.75) is 43.4 Å². The highest BCUT2D eigenvalue weighted by atomic mass is 32.2. The smallest absolute Gasteiger partial charge is 0.240 e. The van der Waals surface area contributed by atoms with Crippen LogP contribution in [0.25, 0.3) is 0 Å². The Hall–Kier alpha value is -0.170. The molecule has 2 aliphatic rings. The fraction of sp³-hybridized carbons (Fsp3) is 0.833. The van der Waals surface area contributed by atoms with E-state index in [2.05, 4.69) is 10.2 Å². The van der Waals surface area contributed by atoms with Gasteiger partial charge in [-0.2, -0.15) is 0 Å². The number of hydrogen-bond acceptors (Lipinski definition) is 5. The molecule has 2 rings (SSSR count). The third-order valence-corrected chi connectivity index (χ3v) is 5.00. The quantitative estimate of drug-likeness (QED) is 0.743. The molecular formula is C12H20N2O2S2. The topological polar surface area (TPSA) is 52.6 Å². The Bertz CT molecular complexity index is 319. The van der Waals surface area contributed by atoms with E-state index >= 15 is 0 Å². The molecular weight excluding hydrogens is 268 g/mol. The second kappa shape index (κ2) is 6.84. The molecule has 0 radical (unpaired) electrons. The minimum atomic E-state index is -0.106. The molecule has 0 aromatic carbocycles. The van der Waals surface area contributed by atoms with Crippen LogP contribution >= 0.6 is 24.0 Å². The predicted octanol–water partition coefficient (Wildman–Crippen LogP) is 1.13. The number of aliphatic hydroxyl groups excluding tert-OH is 1. The molecule has 1 unspecified atom stereocenters. The molecule has 1 saturated carbocycles. The molecule has 1 aliphatic heterocycles. The first-order chi connectivity index (χ1) is 8.70. The van der Waals surface area contributed by atoms with Crippen LogP contribution in [0.5, 0.6) is 0 Å². The number of nitrogens with one attached hydrogen (secondary N) is 1. The summed E-state index contributed by atoms with van der Waals surface area (Å²) in [6, 6.07) is 0.522. The summed E-state index contributed by atoms with van der Waals surface area (Å²) in [4.78, 5) is 14.0. The first-order valence-corrected chi connectivity index (χ1v) is 7.86. The molecule has 2 fully saturated rings. The van der Waals surface area contributed by atoms with Crippen molar-refractivity contribution in [2.24, 2.45) is 0 Å². The van der Waals surface area contributed by atoms with Gasteiger partial charge in [-0.15, -0.1) is 0 Å². The van der Waals surface area contributed by atoms with E-state index in [-0.39, 0.29) is 17.8 Å². The van der Waals surface area contributed by atoms with Crippen LogP contribution in [0.1, 0.15) is 32.1 Å². The van der Waals surface area contributed by atoms with Gasteiger partial charge >= 0.3 is 0 Å². The van der Waals surface area contributed by atoms with Crippen LogP contribution in [0.4, 0.5) is 0 Å². The predicted molar refractivity (Wildman–Crippen MR) is 77.7 cm³/mol. The summed E-state index contributed by atoms with van der Waals surface area (Å²) < 4.78 is 0.581. The number of carbonyl (C=O) groups excluding carboxylic acids is 1. The van der Waals surface area contributed by atoms with E-state index < -0.39 is 0 Å². The minimum absolute atomic E-state index is 0.0174. The Morgan fingerprint density at radius 1 is 1.39 bits per heavy atom. The lowest BCUT2D eigenvalue weighted by Crippen LogP contribution is -2.44. The van der Waals surface area contributed by atoms with E-state index in [1.165, 1.54) is 43.9 Å². The third-order valence-electron chi connectivity index (χ3n) is 3.65. The maximum atomic E-state index is 11.7. The summed E-state index contributed by atoms with van der Waals surface area (Å²) >= 11 is 6.45. The number of nitrogens with zero attached hydrogens (tertiary/aromatic N) is 1. The van der Waals surface area contributed by atoms with E-state index in [4.69, 9.17) is 12.2 Å². The van der Waals surface area contributed by atoms with Crippen molar-refractivity contribution in [3.8, 4) is 0 Å². The van der Waals surface area contributed by atoms with Gasteiger partial charge in [0.25, 0.3) is 0 Å². The van der Waals surface area contributed by atoms with E-state index in [1.807, 2.05) is 0 Å². The molecule has 1 amide bonds. The van der Waals surface area contributed by atoms with Gasteiger partial charge in [-0.1, -0.05) is 43.2 Å². The maximum Gasteiger partial charge on any atom is 0.240 e. The molecule has 0 aromatic rings. The highest BCUT2D eigenvalue weighted by molar-refractivity contribution is 8.24. The molecule has 0 bridgehead atoms. The van der Waals surface area contributed by atoms with Crippen LogP contribution in [0.3, 0.4) is 0 Å². The van der Waals surface area contributed by atoms with Crippen molar-refractivity contribution in [3.63, 3.8) is 0 Å². The molecule has 1 atom stereocenters. The van der Waals surface area contributed by atoms with Crippen molar-refractivity contribution >= 4 is 34.2 Å². The highest BCUT2D eigenvalue weighted by Crippen LogP contribution is 2.26. The van der Waals surface area contributed by atoms with Gasteiger partial charge in [-0.3, -0.25) is 9.69 Å². The van der Waals surface area contributed by atoms with E-state index in [0.29, 0.717) is 23.5 Å². The Morgan fingerprint density at radius 3 is 2.67 bits per heavy atom. The zero-order valence-corrected chi connectivity index (χ0v) is 12.1. The number of thiocarbonyl (C=S) groups is 1. The standard InChI is InChI=1S/C12H20N2O2S2/c15-7-6-14(9-4-2-1-3-5-9)8-10-11(16)13-12(17)18-10/h9-10,15H,1-8H2,(H,13,16,17). The van der Waals surface area contributed by atoms with Gasteiger partial charge in [0.2, 0.25) is 5.91 Å². The molecule has 4 nitrogen and oxygen atoms in total.